The number of ether oxygens (including phenoxy) is 1. The van der Waals surface area contributed by atoms with Crippen LogP contribution in [0.15, 0.2) is 42.3 Å². The summed E-state index contributed by atoms with van der Waals surface area (Å²) in [6.45, 7) is 2.94. The van der Waals surface area contributed by atoms with E-state index < -0.39 is 0 Å². The fourth-order valence-electron chi connectivity index (χ4n) is 1.94. The van der Waals surface area contributed by atoms with Crippen molar-refractivity contribution < 1.29 is 4.74 Å². The predicted molar refractivity (Wildman–Crippen MR) is 82.3 cm³/mol. The number of allylic oxidation sites excluding steroid dienone is 5. The Morgan fingerprint density at radius 1 is 1.35 bits per heavy atom. The van der Waals surface area contributed by atoms with Gasteiger partial charge in [-0.15, -0.1) is 0 Å². The molecule has 1 aromatic heterocycles. The molecule has 0 radical (unpaired) electrons. The van der Waals surface area contributed by atoms with E-state index in [0.29, 0.717) is 0 Å². The highest BCUT2D eigenvalue weighted by Crippen LogP contribution is 2.21. The minimum atomic E-state index is 0.260. The number of aromatic nitrogens is 2. The van der Waals surface area contributed by atoms with Crippen LogP contribution in [0.25, 0.3) is 5.57 Å². The lowest BCUT2D eigenvalue weighted by Gasteiger charge is -2.07. The first-order chi connectivity index (χ1) is 9.79. The van der Waals surface area contributed by atoms with Gasteiger partial charge in [-0.25, -0.2) is 9.97 Å². The van der Waals surface area contributed by atoms with Crippen molar-refractivity contribution in [2.45, 2.75) is 32.6 Å². The molecular weight excluding hydrogens is 272 g/mol. The van der Waals surface area contributed by atoms with Gasteiger partial charge in [0.25, 0.3) is 0 Å². The van der Waals surface area contributed by atoms with Gasteiger partial charge in [0.05, 0.1) is 12.3 Å². The van der Waals surface area contributed by atoms with Crippen LogP contribution in [0.4, 0.5) is 0 Å². The highest BCUT2D eigenvalue weighted by atomic mass is 35.5. The lowest BCUT2D eigenvalue weighted by molar-refractivity contribution is 0.217. The van der Waals surface area contributed by atoms with Gasteiger partial charge in [0.2, 0.25) is 5.28 Å². The summed E-state index contributed by atoms with van der Waals surface area (Å²) in [5, 5.41) is 0.260. The molecule has 0 atom stereocenters. The molecule has 0 unspecified atom stereocenters. The fourth-order valence-corrected chi connectivity index (χ4v) is 2.08. The highest BCUT2D eigenvalue weighted by Gasteiger charge is 2.06. The van der Waals surface area contributed by atoms with Crippen LogP contribution in [0.1, 0.15) is 38.3 Å². The third-order valence-corrected chi connectivity index (χ3v) is 3.17. The van der Waals surface area contributed by atoms with Crippen LogP contribution in [0.3, 0.4) is 0 Å². The summed E-state index contributed by atoms with van der Waals surface area (Å²) in [6.07, 6.45) is 14.2. The minimum absolute atomic E-state index is 0.260. The molecule has 0 saturated carbocycles. The molecular formula is C16H19ClN2O. The second kappa shape index (κ2) is 7.85. The molecule has 0 bridgehead atoms. The zero-order chi connectivity index (χ0) is 14.2. The van der Waals surface area contributed by atoms with Crippen molar-refractivity contribution in [1.29, 1.82) is 0 Å². The van der Waals surface area contributed by atoms with Crippen LogP contribution >= 0.6 is 11.6 Å². The molecule has 4 heteroatoms. The van der Waals surface area contributed by atoms with E-state index in [1.54, 1.807) is 6.20 Å². The number of nitrogens with zero attached hydrogens (tertiary/aromatic N) is 2. The van der Waals surface area contributed by atoms with Crippen LogP contribution in [-0.2, 0) is 4.74 Å². The van der Waals surface area contributed by atoms with Crippen molar-refractivity contribution in [3.8, 4) is 0 Å². The van der Waals surface area contributed by atoms with E-state index in [-0.39, 0.29) is 5.28 Å². The first-order valence-electron chi connectivity index (χ1n) is 6.99. The van der Waals surface area contributed by atoms with Gasteiger partial charge in [0.1, 0.15) is 5.76 Å². The molecule has 1 heterocycles. The normalized spacial score (nSPS) is 14.5. The first kappa shape index (κ1) is 14.8. The molecule has 0 amide bonds. The summed E-state index contributed by atoms with van der Waals surface area (Å²) in [4.78, 5) is 8.14. The average Bonchev–Trinajstić information content (AvgIpc) is 2.69. The number of hydrogen-bond donors (Lipinski definition) is 0. The van der Waals surface area contributed by atoms with Crippen molar-refractivity contribution in [1.82, 2.24) is 9.97 Å². The van der Waals surface area contributed by atoms with Crippen LogP contribution in [0.2, 0.25) is 5.28 Å². The van der Waals surface area contributed by atoms with Gasteiger partial charge < -0.3 is 4.74 Å². The molecule has 106 valence electrons. The molecule has 0 saturated heterocycles. The van der Waals surface area contributed by atoms with E-state index in [1.807, 2.05) is 18.2 Å². The van der Waals surface area contributed by atoms with Crippen LogP contribution < -0.4 is 0 Å². The Labute approximate surface area is 125 Å². The Morgan fingerprint density at radius 2 is 2.25 bits per heavy atom. The van der Waals surface area contributed by atoms with Crippen molar-refractivity contribution in [2.75, 3.05) is 6.61 Å². The van der Waals surface area contributed by atoms with Crippen LogP contribution in [-0.4, -0.2) is 16.6 Å². The van der Waals surface area contributed by atoms with E-state index in [1.165, 1.54) is 12.8 Å². The Kier molecular flexibility index (Phi) is 5.81. The molecule has 0 aliphatic heterocycles. The van der Waals surface area contributed by atoms with E-state index in [4.69, 9.17) is 16.3 Å². The Hall–Kier alpha value is -1.61. The summed E-state index contributed by atoms with van der Waals surface area (Å²) < 4.78 is 5.82. The number of hydrogen-bond acceptors (Lipinski definition) is 3. The lowest BCUT2D eigenvalue weighted by Crippen LogP contribution is -1.95. The summed E-state index contributed by atoms with van der Waals surface area (Å²) in [6, 6.07) is 1.85. The Balaban J connectivity index is 2.08. The van der Waals surface area contributed by atoms with Crippen molar-refractivity contribution >= 4 is 17.2 Å². The van der Waals surface area contributed by atoms with Gasteiger partial charge in [-0.1, -0.05) is 31.9 Å². The molecule has 0 N–H and O–H groups in total. The van der Waals surface area contributed by atoms with Crippen molar-refractivity contribution in [3.05, 3.63) is 53.3 Å². The number of unbranched alkanes of at least 4 members (excludes halogenated alkanes) is 2. The van der Waals surface area contributed by atoms with E-state index in [9.17, 15) is 0 Å². The minimum Gasteiger partial charge on any atom is -0.494 e. The molecule has 3 nitrogen and oxygen atoms in total. The van der Waals surface area contributed by atoms with Gasteiger partial charge in [0.15, 0.2) is 0 Å². The van der Waals surface area contributed by atoms with E-state index >= 15 is 0 Å². The summed E-state index contributed by atoms with van der Waals surface area (Å²) in [7, 11) is 0. The van der Waals surface area contributed by atoms with Crippen molar-refractivity contribution in [3.63, 3.8) is 0 Å². The zero-order valence-electron chi connectivity index (χ0n) is 11.7. The fraction of sp³-hybridized carbons (Fsp3) is 0.375. The molecule has 1 aliphatic rings. The standard InChI is InChI=1S/C16H19ClN2O/c1-2-3-6-11-20-14-8-5-4-7-13(12-14)15-9-10-18-16(17)19-15/h4,7-10,12H,2-3,5-6,11H2,1H3. The Bertz CT molecular complexity index is 535. The van der Waals surface area contributed by atoms with Crippen LogP contribution in [0.5, 0.6) is 0 Å². The molecule has 1 aliphatic carbocycles. The number of rotatable bonds is 6. The van der Waals surface area contributed by atoms with Gasteiger partial charge >= 0.3 is 0 Å². The van der Waals surface area contributed by atoms with Gasteiger partial charge in [-0.2, -0.15) is 0 Å². The van der Waals surface area contributed by atoms with E-state index in [0.717, 1.165) is 36.5 Å². The topological polar surface area (TPSA) is 35.0 Å². The van der Waals surface area contributed by atoms with Crippen molar-refractivity contribution in [2.24, 2.45) is 0 Å². The second-order valence-corrected chi connectivity index (χ2v) is 4.95. The maximum atomic E-state index is 5.84. The Morgan fingerprint density at radius 3 is 3.05 bits per heavy atom. The smallest absolute Gasteiger partial charge is 0.222 e. The summed E-state index contributed by atoms with van der Waals surface area (Å²) in [5.41, 5.74) is 1.81. The van der Waals surface area contributed by atoms with E-state index in [2.05, 4.69) is 29.0 Å². The SMILES string of the molecule is CCCCCOC1=CCC=CC(c2ccnc(Cl)n2)=C1. The quantitative estimate of drug-likeness (QED) is 0.569. The maximum absolute atomic E-state index is 5.84. The zero-order valence-corrected chi connectivity index (χ0v) is 12.4. The monoisotopic (exact) mass is 290 g/mol. The highest BCUT2D eigenvalue weighted by molar-refractivity contribution is 6.28. The summed E-state index contributed by atoms with van der Waals surface area (Å²) >= 11 is 5.84. The van der Waals surface area contributed by atoms with Crippen LogP contribution in [0, 0.1) is 0 Å². The average molecular weight is 291 g/mol. The second-order valence-electron chi connectivity index (χ2n) is 4.61. The first-order valence-corrected chi connectivity index (χ1v) is 7.37. The third-order valence-electron chi connectivity index (χ3n) is 2.99. The van der Waals surface area contributed by atoms with Gasteiger partial charge in [-0.05, 0) is 42.7 Å². The predicted octanol–water partition coefficient (Wildman–Crippen LogP) is 4.56. The number of halogens is 1. The molecule has 1 aromatic rings. The largest absolute Gasteiger partial charge is 0.494 e. The van der Waals surface area contributed by atoms with Gasteiger partial charge in [-0.3, -0.25) is 0 Å². The summed E-state index contributed by atoms with van der Waals surface area (Å²) in [5.74, 6) is 0.899. The van der Waals surface area contributed by atoms with Gasteiger partial charge in [0, 0.05) is 11.8 Å². The lowest BCUT2D eigenvalue weighted by atomic mass is 10.1. The maximum Gasteiger partial charge on any atom is 0.222 e. The molecule has 0 aromatic carbocycles. The molecule has 0 fully saturated rings. The molecule has 0 spiro atoms. The molecule has 2 rings (SSSR count). The molecule has 20 heavy (non-hydrogen) atoms. The third kappa shape index (κ3) is 4.49.